The fourth-order valence-electron chi connectivity index (χ4n) is 0.564. The molecule has 0 saturated carbocycles. The molecule has 0 aliphatic heterocycles. The minimum Gasteiger partial charge on any atom is -0.375 e. The fraction of sp³-hybridized carbons (Fsp3) is 0.167. The van der Waals surface area contributed by atoms with Gasteiger partial charge in [0.05, 0.1) is 5.69 Å². The van der Waals surface area contributed by atoms with Crippen molar-refractivity contribution in [3.05, 3.63) is 23.7 Å². The van der Waals surface area contributed by atoms with E-state index in [-0.39, 0.29) is 0 Å². The van der Waals surface area contributed by atoms with Gasteiger partial charge in [0.25, 0.3) is 0 Å². The van der Waals surface area contributed by atoms with Crippen LogP contribution in [0.3, 0.4) is 0 Å². The lowest BCUT2D eigenvalue weighted by Gasteiger charge is -1.81. The first kappa shape index (κ1) is 6.29. The smallest absolute Gasteiger partial charge is 0.180 e. The maximum Gasteiger partial charge on any atom is 0.180 e. The van der Waals surface area contributed by atoms with Crippen LogP contribution in [0.15, 0.2) is 18.0 Å². The maximum atomic E-state index is 5.38. The summed E-state index contributed by atoms with van der Waals surface area (Å²) >= 11 is 1.46. The van der Waals surface area contributed by atoms with Crippen molar-refractivity contribution in [3.8, 4) is 0 Å². The molecule has 0 bridgehead atoms. The summed E-state index contributed by atoms with van der Waals surface area (Å²) in [6.45, 7) is 3.59. The van der Waals surface area contributed by atoms with E-state index in [1.807, 2.05) is 11.5 Å². The molecule has 0 atom stereocenters. The summed E-state index contributed by atoms with van der Waals surface area (Å²) in [6.07, 6.45) is 2.63. The second-order valence-electron chi connectivity index (χ2n) is 1.67. The monoisotopic (exact) mass is 140 g/mol. The van der Waals surface area contributed by atoms with Crippen LogP contribution in [0.2, 0.25) is 0 Å². The summed E-state index contributed by atoms with van der Waals surface area (Å²) in [4.78, 5) is 4.03. The molecule has 1 heterocycles. The fourth-order valence-corrected chi connectivity index (χ4v) is 1.14. The van der Waals surface area contributed by atoms with Gasteiger partial charge in [-0.05, 0) is 0 Å². The standard InChI is InChI=1S/C6H8N2S/c1-2-3-5-4-9-6(7)8-5/h2,4H,1,3H2,(H2,7,8). The van der Waals surface area contributed by atoms with E-state index in [0.29, 0.717) is 5.13 Å². The van der Waals surface area contributed by atoms with Crippen molar-refractivity contribution in [1.29, 1.82) is 0 Å². The van der Waals surface area contributed by atoms with Gasteiger partial charge in [0.15, 0.2) is 5.13 Å². The largest absolute Gasteiger partial charge is 0.375 e. The number of aromatic nitrogens is 1. The van der Waals surface area contributed by atoms with Gasteiger partial charge in [0.2, 0.25) is 0 Å². The van der Waals surface area contributed by atoms with Crippen LogP contribution in [0.4, 0.5) is 5.13 Å². The molecule has 0 amide bonds. The average Bonchev–Trinajstić information content (AvgIpc) is 2.17. The zero-order chi connectivity index (χ0) is 6.69. The Balaban J connectivity index is 2.72. The second-order valence-corrected chi connectivity index (χ2v) is 2.56. The number of nitrogens with zero attached hydrogens (tertiary/aromatic N) is 1. The van der Waals surface area contributed by atoms with E-state index >= 15 is 0 Å². The molecular weight excluding hydrogens is 132 g/mol. The van der Waals surface area contributed by atoms with Gasteiger partial charge in [-0.3, -0.25) is 0 Å². The van der Waals surface area contributed by atoms with Crippen LogP contribution in [0.1, 0.15) is 5.69 Å². The van der Waals surface area contributed by atoms with Crippen LogP contribution in [0.5, 0.6) is 0 Å². The third kappa shape index (κ3) is 1.54. The van der Waals surface area contributed by atoms with Gasteiger partial charge in [0.1, 0.15) is 0 Å². The highest BCUT2D eigenvalue weighted by atomic mass is 32.1. The van der Waals surface area contributed by atoms with Crippen molar-refractivity contribution in [2.24, 2.45) is 0 Å². The van der Waals surface area contributed by atoms with Crippen LogP contribution in [0, 0.1) is 0 Å². The Bertz CT molecular complexity index is 205. The lowest BCUT2D eigenvalue weighted by atomic mass is 10.3. The summed E-state index contributed by atoms with van der Waals surface area (Å²) in [5.41, 5.74) is 6.39. The predicted octanol–water partition coefficient (Wildman–Crippen LogP) is 1.45. The Morgan fingerprint density at radius 2 is 2.67 bits per heavy atom. The number of nitrogen functional groups attached to an aromatic ring is 1. The van der Waals surface area contributed by atoms with Crippen molar-refractivity contribution >= 4 is 16.5 Å². The van der Waals surface area contributed by atoms with E-state index in [4.69, 9.17) is 5.73 Å². The topological polar surface area (TPSA) is 38.9 Å². The third-order valence-corrected chi connectivity index (χ3v) is 1.65. The van der Waals surface area contributed by atoms with Crippen LogP contribution < -0.4 is 5.73 Å². The first-order chi connectivity index (χ1) is 4.33. The number of hydrogen-bond acceptors (Lipinski definition) is 3. The lowest BCUT2D eigenvalue weighted by Crippen LogP contribution is -1.83. The van der Waals surface area contributed by atoms with E-state index in [0.717, 1.165) is 12.1 Å². The Labute approximate surface area is 58.0 Å². The summed E-state index contributed by atoms with van der Waals surface area (Å²) in [5.74, 6) is 0. The zero-order valence-corrected chi connectivity index (χ0v) is 5.82. The molecule has 0 unspecified atom stereocenters. The van der Waals surface area contributed by atoms with Gasteiger partial charge >= 0.3 is 0 Å². The number of nitrogens with two attached hydrogens (primary N) is 1. The highest BCUT2D eigenvalue weighted by molar-refractivity contribution is 7.13. The average molecular weight is 140 g/mol. The Hall–Kier alpha value is -0.830. The van der Waals surface area contributed by atoms with Gasteiger partial charge in [-0.1, -0.05) is 6.08 Å². The molecule has 0 aliphatic carbocycles. The van der Waals surface area contributed by atoms with Crippen LogP contribution >= 0.6 is 11.3 Å². The highest BCUT2D eigenvalue weighted by Crippen LogP contribution is 2.10. The number of anilines is 1. The quantitative estimate of drug-likeness (QED) is 0.631. The number of thiazole rings is 1. The molecular formula is C6H8N2S. The summed E-state index contributed by atoms with van der Waals surface area (Å²) in [7, 11) is 0. The molecule has 0 radical (unpaired) electrons. The summed E-state index contributed by atoms with van der Waals surface area (Å²) in [5, 5.41) is 2.57. The van der Waals surface area contributed by atoms with Crippen LogP contribution in [0.25, 0.3) is 0 Å². The molecule has 0 spiro atoms. The van der Waals surface area contributed by atoms with Crippen molar-refractivity contribution < 1.29 is 0 Å². The lowest BCUT2D eigenvalue weighted by molar-refractivity contribution is 1.16. The molecule has 9 heavy (non-hydrogen) atoms. The first-order valence-electron chi connectivity index (χ1n) is 2.63. The number of rotatable bonds is 2. The normalized spacial score (nSPS) is 9.33. The number of allylic oxidation sites excluding steroid dienone is 1. The molecule has 0 aliphatic rings. The highest BCUT2D eigenvalue weighted by Gasteiger charge is 1.93. The van der Waals surface area contributed by atoms with E-state index in [2.05, 4.69) is 11.6 Å². The Kier molecular flexibility index (Phi) is 1.85. The second kappa shape index (κ2) is 2.64. The van der Waals surface area contributed by atoms with Gasteiger partial charge in [-0.2, -0.15) is 0 Å². The van der Waals surface area contributed by atoms with Gasteiger partial charge in [-0.15, -0.1) is 17.9 Å². The molecule has 0 aromatic carbocycles. The predicted molar refractivity (Wildman–Crippen MR) is 40.4 cm³/mol. The van der Waals surface area contributed by atoms with Crippen molar-refractivity contribution in [1.82, 2.24) is 4.98 Å². The van der Waals surface area contributed by atoms with Crippen LogP contribution in [-0.2, 0) is 6.42 Å². The van der Waals surface area contributed by atoms with Crippen molar-refractivity contribution in [2.45, 2.75) is 6.42 Å². The van der Waals surface area contributed by atoms with Crippen LogP contribution in [-0.4, -0.2) is 4.98 Å². The van der Waals surface area contributed by atoms with E-state index < -0.39 is 0 Å². The molecule has 1 aromatic heterocycles. The first-order valence-corrected chi connectivity index (χ1v) is 3.51. The third-order valence-electron chi connectivity index (χ3n) is 0.923. The molecule has 2 nitrogen and oxygen atoms in total. The number of hydrogen-bond donors (Lipinski definition) is 1. The van der Waals surface area contributed by atoms with Gasteiger partial charge in [0, 0.05) is 11.8 Å². The molecule has 3 heteroatoms. The summed E-state index contributed by atoms with van der Waals surface area (Å²) < 4.78 is 0. The SMILES string of the molecule is C=CCc1csc(N)n1. The van der Waals surface area contributed by atoms with E-state index in [1.54, 1.807) is 0 Å². The molecule has 1 aromatic rings. The summed E-state index contributed by atoms with van der Waals surface area (Å²) in [6, 6.07) is 0. The Morgan fingerprint density at radius 3 is 3.11 bits per heavy atom. The van der Waals surface area contributed by atoms with Crippen molar-refractivity contribution in [2.75, 3.05) is 5.73 Å². The van der Waals surface area contributed by atoms with E-state index in [1.165, 1.54) is 11.3 Å². The Morgan fingerprint density at radius 1 is 1.89 bits per heavy atom. The molecule has 48 valence electrons. The molecule has 2 N–H and O–H groups in total. The van der Waals surface area contributed by atoms with Gasteiger partial charge in [-0.25, -0.2) is 4.98 Å². The molecule has 1 rings (SSSR count). The minimum absolute atomic E-state index is 0.631. The van der Waals surface area contributed by atoms with Crippen molar-refractivity contribution in [3.63, 3.8) is 0 Å². The van der Waals surface area contributed by atoms with Gasteiger partial charge < -0.3 is 5.73 Å². The molecule has 0 saturated heterocycles. The molecule has 0 fully saturated rings. The maximum absolute atomic E-state index is 5.38. The van der Waals surface area contributed by atoms with E-state index in [9.17, 15) is 0 Å². The zero-order valence-electron chi connectivity index (χ0n) is 5.00. The minimum atomic E-state index is 0.631.